The van der Waals surface area contributed by atoms with Crippen molar-refractivity contribution in [2.75, 3.05) is 11.9 Å². The van der Waals surface area contributed by atoms with E-state index in [0.29, 0.717) is 12.3 Å². The minimum Gasteiger partial charge on any atom is -0.466 e. The molecule has 1 fully saturated rings. The molecule has 1 aliphatic rings. The van der Waals surface area contributed by atoms with Crippen LogP contribution >= 0.6 is 0 Å². The molecule has 2 aromatic carbocycles. The Hall–Kier alpha value is -2.71. The summed E-state index contributed by atoms with van der Waals surface area (Å²) in [5.74, 6) is -0.736. The van der Waals surface area contributed by atoms with Gasteiger partial charge in [-0.2, -0.15) is 0 Å². The van der Waals surface area contributed by atoms with Crippen molar-refractivity contribution in [1.82, 2.24) is 4.72 Å². The average Bonchev–Trinajstić information content (AvgIpc) is 2.82. The average molecular weight is 473 g/mol. The highest BCUT2D eigenvalue weighted by Crippen LogP contribution is 2.21. The van der Waals surface area contributed by atoms with Crippen molar-refractivity contribution in [3.05, 3.63) is 60.2 Å². The number of carbonyl (C=O) groups excluding carboxylic acids is 2. The molecule has 0 saturated heterocycles. The number of hydrogen-bond acceptors (Lipinski definition) is 5. The van der Waals surface area contributed by atoms with Gasteiger partial charge in [0.2, 0.25) is 15.9 Å². The molecule has 0 unspecified atom stereocenters. The standard InChI is InChI=1S/C25H32N2O5S/c28-24(17-18-25(29)32-19-7-10-20-8-3-1-4-9-20)26-21-13-15-23(16-14-21)33(30,31)27-22-11-5-2-6-12-22/h1,3-4,8-9,13-16,22,27H,2,5-7,10-12,17-19H2,(H,26,28). The van der Waals surface area contributed by atoms with Gasteiger partial charge >= 0.3 is 5.97 Å². The SMILES string of the molecule is O=C(CCC(=O)OCCCc1ccccc1)Nc1ccc(S(=O)(=O)NC2CCCCC2)cc1. The van der Waals surface area contributed by atoms with Crippen LogP contribution in [-0.4, -0.2) is 32.9 Å². The van der Waals surface area contributed by atoms with Crippen molar-refractivity contribution in [2.45, 2.75) is 68.7 Å². The summed E-state index contributed by atoms with van der Waals surface area (Å²) in [6.07, 6.45) is 6.52. The molecule has 0 atom stereocenters. The number of amides is 1. The smallest absolute Gasteiger partial charge is 0.306 e. The maximum atomic E-state index is 12.6. The van der Waals surface area contributed by atoms with Gasteiger partial charge in [-0.1, -0.05) is 49.6 Å². The van der Waals surface area contributed by atoms with Gasteiger partial charge in [0.15, 0.2) is 0 Å². The van der Waals surface area contributed by atoms with Crippen molar-refractivity contribution in [1.29, 1.82) is 0 Å². The van der Waals surface area contributed by atoms with Crippen LogP contribution in [0.1, 0.15) is 56.9 Å². The molecule has 0 spiro atoms. The van der Waals surface area contributed by atoms with E-state index in [0.717, 1.165) is 44.9 Å². The Balaban J connectivity index is 1.36. The molecule has 0 aromatic heterocycles. The molecule has 0 bridgehead atoms. The Kier molecular flexibility index (Phi) is 9.45. The maximum absolute atomic E-state index is 12.6. The normalized spacial score (nSPS) is 14.5. The predicted octanol–water partition coefficient (Wildman–Crippen LogP) is 4.19. The predicted molar refractivity (Wildman–Crippen MR) is 127 cm³/mol. The molecular formula is C25H32N2O5S. The molecule has 1 aliphatic carbocycles. The third-order valence-electron chi connectivity index (χ3n) is 5.65. The third kappa shape index (κ3) is 8.63. The zero-order chi connectivity index (χ0) is 23.5. The van der Waals surface area contributed by atoms with Crippen LogP contribution < -0.4 is 10.0 Å². The molecule has 8 heteroatoms. The summed E-state index contributed by atoms with van der Waals surface area (Å²) in [7, 11) is -3.58. The second-order valence-electron chi connectivity index (χ2n) is 8.34. The molecule has 2 N–H and O–H groups in total. The number of ether oxygens (including phenoxy) is 1. The number of anilines is 1. The lowest BCUT2D eigenvalue weighted by molar-refractivity contribution is -0.144. The van der Waals surface area contributed by atoms with Crippen LogP contribution in [0.25, 0.3) is 0 Å². The largest absolute Gasteiger partial charge is 0.466 e. The van der Waals surface area contributed by atoms with Crippen LogP contribution in [0, 0.1) is 0 Å². The van der Waals surface area contributed by atoms with Crippen LogP contribution in [-0.2, 0) is 30.8 Å². The van der Waals surface area contributed by atoms with Crippen LogP contribution in [0.3, 0.4) is 0 Å². The minimum atomic E-state index is -3.58. The maximum Gasteiger partial charge on any atom is 0.306 e. The van der Waals surface area contributed by atoms with E-state index < -0.39 is 16.0 Å². The van der Waals surface area contributed by atoms with Gasteiger partial charge in [-0.15, -0.1) is 0 Å². The number of benzene rings is 2. The summed E-state index contributed by atoms with van der Waals surface area (Å²) < 4.78 is 33.1. The fourth-order valence-electron chi connectivity index (χ4n) is 3.84. The first-order valence-corrected chi connectivity index (χ1v) is 13.0. The highest BCUT2D eigenvalue weighted by molar-refractivity contribution is 7.89. The molecule has 2 aromatic rings. The zero-order valence-corrected chi connectivity index (χ0v) is 19.6. The Morgan fingerprint density at radius 1 is 0.909 bits per heavy atom. The second-order valence-corrected chi connectivity index (χ2v) is 10.1. The van der Waals surface area contributed by atoms with Crippen LogP contribution in [0.2, 0.25) is 0 Å². The van der Waals surface area contributed by atoms with Crippen molar-refractivity contribution < 1.29 is 22.7 Å². The summed E-state index contributed by atoms with van der Waals surface area (Å²) in [5.41, 5.74) is 1.67. The second kappa shape index (κ2) is 12.5. The van der Waals surface area contributed by atoms with E-state index in [1.54, 1.807) is 12.1 Å². The lowest BCUT2D eigenvalue weighted by Crippen LogP contribution is -2.36. The van der Waals surface area contributed by atoms with Crippen LogP contribution in [0.15, 0.2) is 59.5 Å². The number of sulfonamides is 1. The van der Waals surface area contributed by atoms with E-state index >= 15 is 0 Å². The van der Waals surface area contributed by atoms with Crippen molar-refractivity contribution in [2.24, 2.45) is 0 Å². The van der Waals surface area contributed by atoms with Gasteiger partial charge in [-0.3, -0.25) is 9.59 Å². The van der Waals surface area contributed by atoms with Gasteiger partial charge in [-0.05, 0) is 55.5 Å². The van der Waals surface area contributed by atoms with Gasteiger partial charge in [-0.25, -0.2) is 13.1 Å². The molecule has 0 aliphatic heterocycles. The number of aryl methyl sites for hydroxylation is 1. The molecule has 0 heterocycles. The summed E-state index contributed by atoms with van der Waals surface area (Å²) >= 11 is 0. The summed E-state index contributed by atoms with van der Waals surface area (Å²) in [5, 5.41) is 2.68. The number of carbonyl (C=O) groups is 2. The van der Waals surface area contributed by atoms with E-state index in [2.05, 4.69) is 10.0 Å². The summed E-state index contributed by atoms with van der Waals surface area (Å²) in [6.45, 7) is 0.320. The topological polar surface area (TPSA) is 102 Å². The van der Waals surface area contributed by atoms with Crippen LogP contribution in [0.4, 0.5) is 5.69 Å². The van der Waals surface area contributed by atoms with Gasteiger partial charge in [0.05, 0.1) is 17.9 Å². The number of rotatable bonds is 11. The third-order valence-corrected chi connectivity index (χ3v) is 7.18. The van der Waals surface area contributed by atoms with Gasteiger partial charge in [0, 0.05) is 18.2 Å². The van der Waals surface area contributed by atoms with E-state index in [1.807, 2.05) is 30.3 Å². The highest BCUT2D eigenvalue weighted by atomic mass is 32.2. The van der Waals surface area contributed by atoms with E-state index in [9.17, 15) is 18.0 Å². The Morgan fingerprint density at radius 3 is 2.30 bits per heavy atom. The number of nitrogens with one attached hydrogen (secondary N) is 2. The lowest BCUT2D eigenvalue weighted by atomic mass is 9.96. The quantitative estimate of drug-likeness (QED) is 0.377. The van der Waals surface area contributed by atoms with Crippen molar-refractivity contribution in [3.8, 4) is 0 Å². The van der Waals surface area contributed by atoms with Crippen molar-refractivity contribution in [3.63, 3.8) is 0 Å². The minimum absolute atomic E-state index is 0.000798. The zero-order valence-electron chi connectivity index (χ0n) is 18.8. The van der Waals surface area contributed by atoms with Gasteiger partial charge in [0.25, 0.3) is 0 Å². The first-order valence-electron chi connectivity index (χ1n) is 11.5. The van der Waals surface area contributed by atoms with Crippen LogP contribution in [0.5, 0.6) is 0 Å². The summed E-state index contributed by atoms with van der Waals surface area (Å²) in [4.78, 5) is 24.2. The molecule has 0 radical (unpaired) electrons. The number of esters is 1. The highest BCUT2D eigenvalue weighted by Gasteiger charge is 2.21. The molecular weight excluding hydrogens is 440 g/mol. The number of hydrogen-bond donors (Lipinski definition) is 2. The lowest BCUT2D eigenvalue weighted by Gasteiger charge is -2.22. The fraction of sp³-hybridized carbons (Fsp3) is 0.440. The molecule has 33 heavy (non-hydrogen) atoms. The monoisotopic (exact) mass is 472 g/mol. The molecule has 1 saturated carbocycles. The van der Waals surface area contributed by atoms with Crippen molar-refractivity contribution >= 4 is 27.6 Å². The van der Waals surface area contributed by atoms with E-state index in [4.69, 9.17) is 4.74 Å². The van der Waals surface area contributed by atoms with Gasteiger partial charge < -0.3 is 10.1 Å². The Bertz CT molecular complexity index is 1000. The first-order chi connectivity index (χ1) is 15.9. The first kappa shape index (κ1) is 24.9. The van der Waals surface area contributed by atoms with Gasteiger partial charge in [0.1, 0.15) is 0 Å². The Labute approximate surface area is 196 Å². The van der Waals surface area contributed by atoms with E-state index in [1.165, 1.54) is 17.7 Å². The Morgan fingerprint density at radius 2 is 1.61 bits per heavy atom. The molecule has 7 nitrogen and oxygen atoms in total. The molecule has 178 valence electrons. The fourth-order valence-corrected chi connectivity index (χ4v) is 5.15. The van der Waals surface area contributed by atoms with E-state index in [-0.39, 0.29) is 29.7 Å². The summed E-state index contributed by atoms with van der Waals surface area (Å²) in [6, 6.07) is 16.0. The molecule has 3 rings (SSSR count). The molecule has 1 amide bonds.